The quantitative estimate of drug-likeness (QED) is 0.0387. The Morgan fingerprint density at radius 1 is 0.812 bits per heavy atom. The second-order valence-electron chi connectivity index (χ2n) is 12.3. The summed E-state index contributed by atoms with van der Waals surface area (Å²) in [5, 5.41) is 20.0. The summed E-state index contributed by atoms with van der Waals surface area (Å²) in [5.41, 5.74) is 13.3. The lowest BCUT2D eigenvalue weighted by Gasteiger charge is -2.15. The molecule has 0 aliphatic rings. The number of nitrogens with zero attached hydrogens (tertiary/aromatic N) is 1. The highest BCUT2D eigenvalue weighted by Crippen LogP contribution is 2.32. The van der Waals surface area contributed by atoms with Crippen molar-refractivity contribution in [1.82, 2.24) is 4.98 Å². The van der Waals surface area contributed by atoms with Crippen molar-refractivity contribution >= 4 is 23.5 Å². The maximum atomic E-state index is 12.7. The van der Waals surface area contributed by atoms with E-state index in [1.54, 1.807) is 24.4 Å². The predicted octanol–water partition coefficient (Wildman–Crippen LogP) is 7.76. The lowest BCUT2D eigenvalue weighted by atomic mass is 9.93. The van der Waals surface area contributed by atoms with Crippen molar-refractivity contribution in [3.05, 3.63) is 124 Å². The van der Waals surface area contributed by atoms with Crippen LogP contribution in [0.5, 0.6) is 11.5 Å². The van der Waals surface area contributed by atoms with Crippen LogP contribution >= 0.6 is 0 Å². The Bertz CT molecular complexity index is 1670. The molecule has 0 fully saturated rings. The fourth-order valence-corrected chi connectivity index (χ4v) is 5.86. The van der Waals surface area contributed by atoms with E-state index in [-0.39, 0.29) is 29.5 Å². The number of carbonyl (C=O) groups is 2. The van der Waals surface area contributed by atoms with E-state index in [2.05, 4.69) is 60.4 Å². The highest BCUT2D eigenvalue weighted by molar-refractivity contribution is 6.06. The number of hydrogen-bond acceptors (Lipinski definition) is 7. The predicted molar refractivity (Wildman–Crippen MR) is 192 cm³/mol. The summed E-state index contributed by atoms with van der Waals surface area (Å²) in [6, 6.07) is 24.2. The van der Waals surface area contributed by atoms with Gasteiger partial charge in [-0.3, -0.25) is 9.59 Å². The van der Waals surface area contributed by atoms with Gasteiger partial charge >= 0.3 is 0 Å². The van der Waals surface area contributed by atoms with Gasteiger partial charge in [0.1, 0.15) is 11.6 Å². The number of phenols is 1. The number of anilines is 1. The Hall–Kier alpha value is -4.75. The number of benzene rings is 3. The van der Waals surface area contributed by atoms with Crippen LogP contribution in [0, 0.1) is 0 Å². The van der Waals surface area contributed by atoms with Crippen molar-refractivity contribution in [3.63, 3.8) is 0 Å². The first-order chi connectivity index (χ1) is 23.3. The van der Waals surface area contributed by atoms with Crippen LogP contribution < -0.4 is 10.5 Å². The summed E-state index contributed by atoms with van der Waals surface area (Å²) in [6.45, 7) is 1.54. The van der Waals surface area contributed by atoms with Crippen LogP contribution in [0.15, 0.2) is 85.1 Å². The molecule has 0 atom stereocenters. The number of ether oxygens (including phenoxy) is 1. The summed E-state index contributed by atoms with van der Waals surface area (Å²) in [5.74, 6) is 0.0618. The Morgan fingerprint density at radius 3 is 2.27 bits per heavy atom. The first-order valence-corrected chi connectivity index (χ1v) is 17.0. The van der Waals surface area contributed by atoms with E-state index in [1.807, 2.05) is 12.1 Å². The molecule has 4 aromatic rings. The van der Waals surface area contributed by atoms with Crippen LogP contribution in [0.4, 0.5) is 5.82 Å². The number of aromatic hydroxyl groups is 1. The van der Waals surface area contributed by atoms with Crippen LogP contribution in [-0.2, 0) is 41.7 Å². The number of rotatable bonds is 20. The zero-order chi connectivity index (χ0) is 34.1. The van der Waals surface area contributed by atoms with E-state index in [0.29, 0.717) is 24.2 Å². The van der Waals surface area contributed by atoms with Crippen molar-refractivity contribution in [1.29, 1.82) is 0 Å². The Kier molecular flexibility index (Phi) is 14.4. The molecule has 0 bridgehead atoms. The number of aromatic nitrogens is 1. The maximum Gasteiger partial charge on any atom is 0.186 e. The topological polar surface area (TPSA) is 123 Å². The van der Waals surface area contributed by atoms with Crippen LogP contribution in [0.25, 0.3) is 6.08 Å². The number of ketones is 2. The van der Waals surface area contributed by atoms with Gasteiger partial charge in [0.05, 0.1) is 6.42 Å². The smallest absolute Gasteiger partial charge is 0.186 e. The second kappa shape index (κ2) is 19.2. The molecule has 0 amide bonds. The standard InChI is InChI=1S/C41H48N2O5/c1-2-3-4-5-9-15-37(45)27-38(46)21-20-33-25-40(48-29-44)39(47)24-35(33)23-36-28-43-41(42)26-34(36)19-18-32-14-10-13-31(22-32)17-16-30-11-7-6-8-12-30/h6-8,10-14,20-22,24-26,28,44,47H,2-5,9,15-19,23,27,29H2,1H3,(H2,42,43). The summed E-state index contributed by atoms with van der Waals surface area (Å²) in [4.78, 5) is 29.4. The molecule has 0 unspecified atom stereocenters. The minimum absolute atomic E-state index is 0.0595. The van der Waals surface area contributed by atoms with Gasteiger partial charge < -0.3 is 20.7 Å². The Balaban J connectivity index is 1.47. The molecule has 0 saturated heterocycles. The lowest BCUT2D eigenvalue weighted by Crippen LogP contribution is -2.06. The largest absolute Gasteiger partial charge is 0.504 e. The summed E-state index contributed by atoms with van der Waals surface area (Å²) in [7, 11) is 0. The van der Waals surface area contributed by atoms with Gasteiger partial charge in [-0.15, -0.1) is 0 Å². The highest BCUT2D eigenvalue weighted by atomic mass is 16.6. The first kappa shape index (κ1) is 36.1. The van der Waals surface area contributed by atoms with E-state index in [9.17, 15) is 19.8 Å². The molecule has 48 heavy (non-hydrogen) atoms. The second-order valence-corrected chi connectivity index (χ2v) is 12.3. The number of nitrogen functional groups attached to an aromatic ring is 1. The van der Waals surface area contributed by atoms with Gasteiger partial charge in [-0.2, -0.15) is 0 Å². The molecule has 4 N–H and O–H groups in total. The van der Waals surface area contributed by atoms with Gasteiger partial charge in [0, 0.05) is 12.6 Å². The Labute approximate surface area is 284 Å². The van der Waals surface area contributed by atoms with Gasteiger partial charge in [-0.25, -0.2) is 4.98 Å². The van der Waals surface area contributed by atoms with E-state index < -0.39 is 6.79 Å². The third-order valence-corrected chi connectivity index (χ3v) is 8.52. The van der Waals surface area contributed by atoms with Crippen molar-refractivity contribution in [2.75, 3.05) is 12.5 Å². The molecule has 7 heteroatoms. The monoisotopic (exact) mass is 648 g/mol. The first-order valence-electron chi connectivity index (χ1n) is 17.0. The number of hydrogen-bond donors (Lipinski definition) is 3. The summed E-state index contributed by atoms with van der Waals surface area (Å²) < 4.78 is 5.21. The zero-order valence-corrected chi connectivity index (χ0v) is 28.0. The summed E-state index contributed by atoms with van der Waals surface area (Å²) in [6.07, 6.45) is 14.2. The van der Waals surface area contributed by atoms with Crippen LogP contribution in [0.2, 0.25) is 0 Å². The van der Waals surface area contributed by atoms with Crippen LogP contribution in [-0.4, -0.2) is 33.6 Å². The molecule has 0 radical (unpaired) electrons. The number of phenolic OH excluding ortho intramolecular Hbond substituents is 1. The van der Waals surface area contributed by atoms with E-state index >= 15 is 0 Å². The minimum atomic E-state index is -0.610. The van der Waals surface area contributed by atoms with Crippen molar-refractivity contribution in [3.8, 4) is 11.5 Å². The normalized spacial score (nSPS) is 11.2. The number of allylic oxidation sites excluding steroid dienone is 1. The van der Waals surface area contributed by atoms with E-state index in [4.69, 9.17) is 10.5 Å². The lowest BCUT2D eigenvalue weighted by molar-refractivity contribution is -0.124. The van der Waals surface area contributed by atoms with Crippen molar-refractivity contribution < 1.29 is 24.5 Å². The minimum Gasteiger partial charge on any atom is -0.504 e. The molecule has 1 heterocycles. The molecule has 4 rings (SSSR count). The van der Waals surface area contributed by atoms with Gasteiger partial charge in [0.2, 0.25) is 0 Å². The number of unbranched alkanes of at least 4 members (excludes halogenated alkanes) is 4. The molecule has 1 aromatic heterocycles. The SMILES string of the molecule is CCCCCCCC(=O)CC(=O)C=Cc1cc(OCO)c(O)cc1Cc1cnc(N)cc1CCc1cccc(CCc2ccccc2)c1. The zero-order valence-electron chi connectivity index (χ0n) is 28.0. The van der Waals surface area contributed by atoms with Crippen molar-refractivity contribution in [2.24, 2.45) is 0 Å². The maximum absolute atomic E-state index is 12.7. The van der Waals surface area contributed by atoms with Gasteiger partial charge in [-0.05, 0) is 102 Å². The molecule has 0 saturated carbocycles. The summed E-state index contributed by atoms with van der Waals surface area (Å²) >= 11 is 0. The molecule has 252 valence electrons. The highest BCUT2D eigenvalue weighted by Gasteiger charge is 2.14. The van der Waals surface area contributed by atoms with E-state index in [0.717, 1.165) is 74.5 Å². The van der Waals surface area contributed by atoms with E-state index in [1.165, 1.54) is 22.8 Å². The molecular weight excluding hydrogens is 600 g/mol. The van der Waals surface area contributed by atoms with Gasteiger partial charge in [0.25, 0.3) is 0 Å². The number of Topliss-reactive ketones (excluding diaryl/α,β-unsaturated/α-hetero) is 1. The fourth-order valence-electron chi connectivity index (χ4n) is 5.86. The number of pyridine rings is 1. The number of aliphatic hydroxyl groups is 1. The molecule has 0 spiro atoms. The number of nitrogens with two attached hydrogens (primary N) is 1. The molecule has 0 aliphatic carbocycles. The van der Waals surface area contributed by atoms with Crippen molar-refractivity contribution in [2.45, 2.75) is 84.0 Å². The third-order valence-electron chi connectivity index (χ3n) is 8.52. The third kappa shape index (κ3) is 11.8. The molecule has 3 aromatic carbocycles. The fraction of sp³-hybridized carbons (Fsp3) is 0.341. The molecule has 0 aliphatic heterocycles. The molecular formula is C41H48N2O5. The van der Waals surface area contributed by atoms with Gasteiger partial charge in [-0.1, -0.05) is 93.3 Å². The van der Waals surface area contributed by atoms with Crippen LogP contribution in [0.1, 0.15) is 90.8 Å². The average molecular weight is 649 g/mol. The number of aryl methyl sites for hydroxylation is 4. The van der Waals surface area contributed by atoms with Gasteiger partial charge in [0.15, 0.2) is 24.1 Å². The molecule has 7 nitrogen and oxygen atoms in total. The number of carbonyl (C=O) groups excluding carboxylic acids is 2. The average Bonchev–Trinajstić information content (AvgIpc) is 3.08. The Morgan fingerprint density at radius 2 is 1.52 bits per heavy atom. The number of aliphatic hydroxyl groups excluding tert-OH is 1. The van der Waals surface area contributed by atoms with Crippen LogP contribution in [0.3, 0.4) is 0 Å².